The Balaban J connectivity index is 1.97. The van der Waals surface area contributed by atoms with Gasteiger partial charge in [-0.25, -0.2) is 0 Å². The van der Waals surface area contributed by atoms with Gasteiger partial charge in [-0.3, -0.25) is 4.79 Å². The van der Waals surface area contributed by atoms with E-state index >= 15 is 0 Å². The highest BCUT2D eigenvalue weighted by molar-refractivity contribution is 6.13. The maximum atomic E-state index is 13.2. The molecular formula is C29H29NO2. The Bertz CT molecular complexity index is 1320. The lowest BCUT2D eigenvalue weighted by atomic mass is 9.88. The van der Waals surface area contributed by atoms with Gasteiger partial charge in [0.15, 0.2) is 0 Å². The van der Waals surface area contributed by atoms with E-state index in [2.05, 4.69) is 48.3 Å². The van der Waals surface area contributed by atoms with E-state index in [1.165, 1.54) is 0 Å². The van der Waals surface area contributed by atoms with E-state index in [-0.39, 0.29) is 17.7 Å². The minimum absolute atomic E-state index is 0.0174. The predicted octanol–water partition coefficient (Wildman–Crippen LogP) is 7.46. The fourth-order valence-corrected chi connectivity index (χ4v) is 4.22. The summed E-state index contributed by atoms with van der Waals surface area (Å²) in [5.41, 5.74) is 3.74. The summed E-state index contributed by atoms with van der Waals surface area (Å²) >= 11 is 0. The van der Waals surface area contributed by atoms with Gasteiger partial charge in [0.1, 0.15) is 5.75 Å². The number of anilines is 1. The van der Waals surface area contributed by atoms with Crippen molar-refractivity contribution in [3.05, 3.63) is 84.9 Å². The van der Waals surface area contributed by atoms with Gasteiger partial charge in [0.25, 0.3) is 0 Å². The first-order valence-electron chi connectivity index (χ1n) is 11.0. The first-order valence-corrected chi connectivity index (χ1v) is 11.0. The predicted molar refractivity (Wildman–Crippen MR) is 135 cm³/mol. The topological polar surface area (TPSA) is 38.3 Å². The molecule has 0 aliphatic rings. The molecule has 3 nitrogen and oxygen atoms in total. The summed E-state index contributed by atoms with van der Waals surface area (Å²) in [7, 11) is 1.69. The molecule has 0 unspecified atom stereocenters. The second kappa shape index (κ2) is 8.88. The number of amides is 1. The Morgan fingerprint density at radius 2 is 1.38 bits per heavy atom. The molecule has 2 atom stereocenters. The van der Waals surface area contributed by atoms with E-state index in [1.54, 1.807) is 7.11 Å². The molecule has 0 aliphatic carbocycles. The third kappa shape index (κ3) is 3.87. The zero-order valence-corrected chi connectivity index (χ0v) is 19.1. The fraction of sp³-hybridized carbons (Fsp3) is 0.207. The maximum Gasteiger partial charge on any atom is 0.227 e. The Morgan fingerprint density at radius 1 is 0.812 bits per heavy atom. The number of benzene rings is 4. The number of nitrogens with one attached hydrogen (secondary N) is 1. The lowest BCUT2D eigenvalue weighted by molar-refractivity contribution is -0.120. The van der Waals surface area contributed by atoms with Gasteiger partial charge in [-0.15, -0.1) is 0 Å². The summed E-state index contributed by atoms with van der Waals surface area (Å²) in [6, 6.07) is 24.6. The molecule has 0 aromatic heterocycles. The van der Waals surface area contributed by atoms with Gasteiger partial charge in [0.05, 0.1) is 7.11 Å². The van der Waals surface area contributed by atoms with Crippen molar-refractivity contribution >= 4 is 33.1 Å². The lowest BCUT2D eigenvalue weighted by Gasteiger charge is -2.22. The van der Waals surface area contributed by atoms with Gasteiger partial charge >= 0.3 is 0 Å². The van der Waals surface area contributed by atoms with Crippen LogP contribution in [0.1, 0.15) is 20.8 Å². The Hall–Kier alpha value is -3.59. The highest BCUT2D eigenvalue weighted by atomic mass is 16.5. The van der Waals surface area contributed by atoms with Crippen molar-refractivity contribution in [3.8, 4) is 16.9 Å². The van der Waals surface area contributed by atoms with Crippen molar-refractivity contribution in [2.75, 3.05) is 12.4 Å². The number of allylic oxidation sites excluding steroid dienone is 1. The van der Waals surface area contributed by atoms with Crippen LogP contribution in [0, 0.1) is 11.8 Å². The van der Waals surface area contributed by atoms with Crippen molar-refractivity contribution in [2.45, 2.75) is 20.8 Å². The van der Waals surface area contributed by atoms with E-state index in [9.17, 15) is 4.79 Å². The Labute approximate surface area is 189 Å². The van der Waals surface area contributed by atoms with Gasteiger partial charge in [-0.2, -0.15) is 0 Å². The molecule has 0 fully saturated rings. The molecular weight excluding hydrogens is 394 g/mol. The van der Waals surface area contributed by atoms with Crippen LogP contribution in [0.3, 0.4) is 0 Å². The summed E-state index contributed by atoms with van der Waals surface area (Å²) in [4.78, 5) is 13.2. The third-order valence-corrected chi connectivity index (χ3v) is 6.49. The number of hydrogen-bond acceptors (Lipinski definition) is 2. The summed E-state index contributed by atoms with van der Waals surface area (Å²) in [5.74, 6) is 0.655. The van der Waals surface area contributed by atoms with E-state index in [0.29, 0.717) is 0 Å². The number of ether oxygens (including phenoxy) is 1. The molecule has 162 valence electrons. The number of hydrogen-bond donors (Lipinski definition) is 1. The molecule has 4 aromatic carbocycles. The molecule has 1 amide bonds. The average Bonchev–Trinajstić information content (AvgIpc) is 2.82. The standard InChI is InChI=1S/C29H29NO2/c1-18(2)19(3)20(4)29(31)30-25-16-14-21-10-6-8-12-23(21)27(25)28-24-13-9-7-11-22(24)15-17-26(28)32-5/h6-17,19-20H,1H2,2-5H3,(H,30,31)/t19-,20-/m0/s1. The quantitative estimate of drug-likeness (QED) is 0.327. The normalized spacial score (nSPS) is 13.0. The van der Waals surface area contributed by atoms with Crippen LogP contribution in [0.2, 0.25) is 0 Å². The molecule has 0 saturated heterocycles. The van der Waals surface area contributed by atoms with Crippen LogP contribution in [0.5, 0.6) is 5.75 Å². The van der Waals surface area contributed by atoms with Crippen LogP contribution in [-0.4, -0.2) is 13.0 Å². The summed E-state index contributed by atoms with van der Waals surface area (Å²) in [6.07, 6.45) is 0. The first kappa shape index (κ1) is 21.6. The molecule has 3 heteroatoms. The average molecular weight is 424 g/mol. The number of methoxy groups -OCH3 is 1. The van der Waals surface area contributed by atoms with E-state index in [1.807, 2.05) is 57.2 Å². The van der Waals surface area contributed by atoms with Crippen molar-refractivity contribution in [1.82, 2.24) is 0 Å². The fourth-order valence-electron chi connectivity index (χ4n) is 4.22. The van der Waals surface area contributed by atoms with E-state index in [4.69, 9.17) is 4.74 Å². The monoisotopic (exact) mass is 423 g/mol. The molecule has 32 heavy (non-hydrogen) atoms. The van der Waals surface area contributed by atoms with Crippen LogP contribution in [0.4, 0.5) is 5.69 Å². The number of rotatable bonds is 6. The van der Waals surface area contributed by atoms with Crippen LogP contribution in [0.25, 0.3) is 32.7 Å². The van der Waals surface area contributed by atoms with Crippen molar-refractivity contribution in [1.29, 1.82) is 0 Å². The summed E-state index contributed by atoms with van der Waals surface area (Å²) in [6.45, 7) is 10.00. The highest BCUT2D eigenvalue weighted by Gasteiger charge is 2.23. The van der Waals surface area contributed by atoms with Crippen LogP contribution < -0.4 is 10.1 Å². The highest BCUT2D eigenvalue weighted by Crippen LogP contribution is 2.44. The van der Waals surface area contributed by atoms with Crippen molar-refractivity contribution < 1.29 is 9.53 Å². The van der Waals surface area contributed by atoms with Crippen LogP contribution >= 0.6 is 0 Å². The van der Waals surface area contributed by atoms with Gasteiger partial charge in [0.2, 0.25) is 5.91 Å². The molecule has 4 aromatic rings. The number of carbonyl (C=O) groups is 1. The maximum absolute atomic E-state index is 13.2. The molecule has 0 radical (unpaired) electrons. The van der Waals surface area contributed by atoms with Gasteiger partial charge < -0.3 is 10.1 Å². The minimum Gasteiger partial charge on any atom is -0.496 e. The molecule has 4 rings (SSSR count). The summed E-state index contributed by atoms with van der Waals surface area (Å²) in [5, 5.41) is 7.61. The van der Waals surface area contributed by atoms with Gasteiger partial charge in [-0.05, 0) is 46.5 Å². The Morgan fingerprint density at radius 3 is 1.97 bits per heavy atom. The zero-order valence-electron chi connectivity index (χ0n) is 19.1. The Kier molecular flexibility index (Phi) is 6.00. The van der Waals surface area contributed by atoms with Gasteiger partial charge in [-0.1, -0.05) is 86.7 Å². The molecule has 0 heterocycles. The van der Waals surface area contributed by atoms with Crippen LogP contribution in [0.15, 0.2) is 84.9 Å². The molecule has 0 spiro atoms. The van der Waals surface area contributed by atoms with Gasteiger partial charge in [0, 0.05) is 22.7 Å². The van der Waals surface area contributed by atoms with Crippen molar-refractivity contribution in [2.24, 2.45) is 11.8 Å². The van der Waals surface area contributed by atoms with Crippen LogP contribution in [-0.2, 0) is 4.79 Å². The largest absolute Gasteiger partial charge is 0.496 e. The number of carbonyl (C=O) groups excluding carboxylic acids is 1. The minimum atomic E-state index is -0.193. The second-order valence-electron chi connectivity index (χ2n) is 8.49. The molecule has 0 aliphatic heterocycles. The smallest absolute Gasteiger partial charge is 0.227 e. The molecule has 1 N–H and O–H groups in total. The van der Waals surface area contributed by atoms with E-state index < -0.39 is 0 Å². The molecule has 0 saturated carbocycles. The van der Waals surface area contributed by atoms with E-state index in [0.717, 1.165) is 49.7 Å². The summed E-state index contributed by atoms with van der Waals surface area (Å²) < 4.78 is 5.81. The molecule has 0 bridgehead atoms. The second-order valence-corrected chi connectivity index (χ2v) is 8.49. The zero-order chi connectivity index (χ0) is 22.8. The SMILES string of the molecule is C=C(C)[C@H](C)[C@H](C)C(=O)Nc1ccc2ccccc2c1-c1c(OC)ccc2ccccc12. The van der Waals surface area contributed by atoms with Crippen molar-refractivity contribution in [3.63, 3.8) is 0 Å². The lowest BCUT2D eigenvalue weighted by Crippen LogP contribution is -2.26. The number of fused-ring (bicyclic) bond motifs is 2. The first-order chi connectivity index (χ1) is 15.4. The third-order valence-electron chi connectivity index (χ3n) is 6.49.